The lowest BCUT2D eigenvalue weighted by molar-refractivity contribution is -0.138. The number of benzene rings is 2. The van der Waals surface area contributed by atoms with Gasteiger partial charge in [-0.05, 0) is 36.8 Å². The quantitative estimate of drug-likeness (QED) is 0.801. The number of aliphatic carboxylic acids is 1. The Kier molecular flexibility index (Phi) is 5.63. The second kappa shape index (κ2) is 7.89. The largest absolute Gasteiger partial charge is 0.481 e. The van der Waals surface area contributed by atoms with Gasteiger partial charge in [0.1, 0.15) is 0 Å². The lowest BCUT2D eigenvalue weighted by Gasteiger charge is -2.04. The van der Waals surface area contributed by atoms with Gasteiger partial charge in [-0.3, -0.25) is 14.6 Å². The molecule has 0 aliphatic heterocycles. The molecular weight excluding hydrogens is 292 g/mol. The monoisotopic (exact) mass is 310 g/mol. The van der Waals surface area contributed by atoms with Crippen LogP contribution in [0.3, 0.4) is 0 Å². The molecule has 2 rings (SSSR count). The van der Waals surface area contributed by atoms with Crippen LogP contribution in [-0.4, -0.2) is 23.2 Å². The zero-order chi connectivity index (χ0) is 16.7. The van der Waals surface area contributed by atoms with Gasteiger partial charge in [0.2, 0.25) is 5.91 Å². The number of hydrogen-bond donors (Lipinski definition) is 2. The van der Waals surface area contributed by atoms with Gasteiger partial charge in [-0.2, -0.15) is 0 Å². The number of carboxylic acids is 1. The molecule has 5 nitrogen and oxygen atoms in total. The lowest BCUT2D eigenvalue weighted by Crippen LogP contribution is -2.12. The topological polar surface area (TPSA) is 78.8 Å². The maximum atomic E-state index is 11.5. The first-order chi connectivity index (χ1) is 11.0. The summed E-state index contributed by atoms with van der Waals surface area (Å²) in [5.41, 5.74) is 3.61. The van der Waals surface area contributed by atoms with Gasteiger partial charge in [0.25, 0.3) is 0 Å². The van der Waals surface area contributed by atoms with Crippen molar-refractivity contribution in [3.05, 3.63) is 59.7 Å². The zero-order valence-corrected chi connectivity index (χ0v) is 12.8. The Bertz CT molecular complexity index is 704. The third kappa shape index (κ3) is 5.74. The molecule has 23 heavy (non-hydrogen) atoms. The van der Waals surface area contributed by atoms with Crippen LogP contribution in [0.1, 0.15) is 24.0 Å². The van der Waals surface area contributed by atoms with E-state index in [9.17, 15) is 9.59 Å². The molecule has 2 N–H and O–H groups in total. The van der Waals surface area contributed by atoms with Crippen LogP contribution in [0, 0.1) is 6.92 Å². The van der Waals surface area contributed by atoms with E-state index >= 15 is 0 Å². The summed E-state index contributed by atoms with van der Waals surface area (Å²) in [6.07, 6.45) is 1.56. The molecule has 0 aliphatic carbocycles. The number of amides is 1. The summed E-state index contributed by atoms with van der Waals surface area (Å²) in [7, 11) is 0. The summed E-state index contributed by atoms with van der Waals surface area (Å²) in [6.45, 7) is 2.03. The number of nitrogens with one attached hydrogen (secondary N) is 1. The molecule has 0 radical (unpaired) electrons. The molecule has 0 spiro atoms. The van der Waals surface area contributed by atoms with Crippen LogP contribution in [0.25, 0.3) is 0 Å². The highest BCUT2D eigenvalue weighted by molar-refractivity contribution is 5.92. The van der Waals surface area contributed by atoms with Crippen LogP contribution in [0.5, 0.6) is 0 Å². The predicted molar refractivity (Wildman–Crippen MR) is 90.4 cm³/mol. The molecule has 0 saturated carbocycles. The molecule has 5 heteroatoms. The number of aryl methyl sites for hydroxylation is 1. The molecule has 0 saturated heterocycles. The fourth-order valence-corrected chi connectivity index (χ4v) is 1.88. The van der Waals surface area contributed by atoms with Crippen LogP contribution in [0.4, 0.5) is 11.4 Å². The first kappa shape index (κ1) is 16.4. The highest BCUT2D eigenvalue weighted by Gasteiger charge is 2.05. The van der Waals surface area contributed by atoms with E-state index in [2.05, 4.69) is 10.3 Å². The second-order valence-electron chi connectivity index (χ2n) is 5.16. The lowest BCUT2D eigenvalue weighted by atomic mass is 10.2. The van der Waals surface area contributed by atoms with Gasteiger partial charge in [-0.1, -0.05) is 29.8 Å². The van der Waals surface area contributed by atoms with Crippen molar-refractivity contribution in [1.29, 1.82) is 0 Å². The molecule has 2 aromatic rings. The van der Waals surface area contributed by atoms with Gasteiger partial charge >= 0.3 is 5.97 Å². The van der Waals surface area contributed by atoms with Crippen LogP contribution in [0.2, 0.25) is 0 Å². The second-order valence-corrected chi connectivity index (χ2v) is 5.16. The van der Waals surface area contributed by atoms with Crippen molar-refractivity contribution in [2.75, 3.05) is 5.32 Å². The standard InChI is InChI=1S/C18H18N2O3/c1-13-2-4-14(5-3-13)12-19-15-6-8-16(9-7-15)20-17(21)10-11-18(22)23/h2-9,12H,10-11H2,1H3,(H,20,21)(H,22,23). The number of hydrogen-bond acceptors (Lipinski definition) is 3. The first-order valence-corrected chi connectivity index (χ1v) is 7.25. The molecule has 0 aromatic heterocycles. The molecule has 0 unspecified atom stereocenters. The van der Waals surface area contributed by atoms with Crippen molar-refractivity contribution in [2.45, 2.75) is 19.8 Å². The average Bonchev–Trinajstić information content (AvgIpc) is 2.54. The highest BCUT2D eigenvalue weighted by atomic mass is 16.4. The van der Waals surface area contributed by atoms with E-state index in [0.29, 0.717) is 5.69 Å². The number of rotatable bonds is 6. The summed E-state index contributed by atoms with van der Waals surface area (Å²) < 4.78 is 0. The smallest absolute Gasteiger partial charge is 0.303 e. The number of anilines is 1. The molecule has 2 aromatic carbocycles. The Morgan fingerprint density at radius 1 is 1.04 bits per heavy atom. The van der Waals surface area contributed by atoms with Gasteiger partial charge in [0.15, 0.2) is 0 Å². The summed E-state index contributed by atoms with van der Waals surface area (Å²) in [4.78, 5) is 26.3. The number of nitrogens with zero attached hydrogens (tertiary/aromatic N) is 1. The molecule has 0 aliphatic rings. The van der Waals surface area contributed by atoms with Crippen molar-refractivity contribution >= 4 is 29.5 Å². The maximum absolute atomic E-state index is 11.5. The predicted octanol–water partition coefficient (Wildman–Crippen LogP) is 3.55. The molecule has 0 heterocycles. The number of carbonyl (C=O) groups is 2. The van der Waals surface area contributed by atoms with Crippen molar-refractivity contribution in [3.8, 4) is 0 Å². The van der Waals surface area contributed by atoms with Crippen LogP contribution < -0.4 is 5.32 Å². The minimum Gasteiger partial charge on any atom is -0.481 e. The Balaban J connectivity index is 1.92. The third-order valence-electron chi connectivity index (χ3n) is 3.16. The molecular formula is C18H18N2O3. The Morgan fingerprint density at radius 3 is 2.30 bits per heavy atom. The number of aliphatic imine (C=N–C) groups is 1. The van der Waals surface area contributed by atoms with Gasteiger partial charge in [0, 0.05) is 18.3 Å². The fraction of sp³-hybridized carbons (Fsp3) is 0.167. The highest BCUT2D eigenvalue weighted by Crippen LogP contribution is 2.16. The normalized spacial score (nSPS) is 10.7. The molecule has 1 amide bonds. The third-order valence-corrected chi connectivity index (χ3v) is 3.16. The van der Waals surface area contributed by atoms with Gasteiger partial charge in [-0.25, -0.2) is 0 Å². The van der Waals surface area contributed by atoms with E-state index in [1.54, 1.807) is 30.5 Å². The maximum Gasteiger partial charge on any atom is 0.303 e. The first-order valence-electron chi connectivity index (χ1n) is 7.25. The molecule has 0 fully saturated rings. The van der Waals surface area contributed by atoms with Crippen molar-refractivity contribution in [1.82, 2.24) is 0 Å². The average molecular weight is 310 g/mol. The summed E-state index contributed by atoms with van der Waals surface area (Å²) in [6, 6.07) is 15.1. The summed E-state index contributed by atoms with van der Waals surface area (Å²) in [5, 5.41) is 11.2. The minimum absolute atomic E-state index is 0.0390. The number of carboxylic acid groups (broad SMARTS) is 1. The van der Waals surface area contributed by atoms with E-state index in [1.165, 1.54) is 5.56 Å². The Morgan fingerprint density at radius 2 is 1.70 bits per heavy atom. The van der Waals surface area contributed by atoms with Crippen molar-refractivity contribution in [3.63, 3.8) is 0 Å². The van der Waals surface area contributed by atoms with Crippen LogP contribution in [-0.2, 0) is 9.59 Å². The van der Waals surface area contributed by atoms with Gasteiger partial charge in [-0.15, -0.1) is 0 Å². The van der Waals surface area contributed by atoms with E-state index in [0.717, 1.165) is 11.3 Å². The number of carbonyl (C=O) groups excluding carboxylic acids is 1. The van der Waals surface area contributed by atoms with Crippen molar-refractivity contribution < 1.29 is 14.7 Å². The molecule has 0 atom stereocenters. The van der Waals surface area contributed by atoms with E-state index < -0.39 is 5.97 Å². The van der Waals surface area contributed by atoms with E-state index in [1.807, 2.05) is 31.2 Å². The summed E-state index contributed by atoms with van der Waals surface area (Å²) >= 11 is 0. The molecule has 0 bridgehead atoms. The Hall–Kier alpha value is -2.95. The van der Waals surface area contributed by atoms with Crippen LogP contribution in [0.15, 0.2) is 53.5 Å². The van der Waals surface area contributed by atoms with Crippen LogP contribution >= 0.6 is 0 Å². The summed E-state index contributed by atoms with van der Waals surface area (Å²) in [5.74, 6) is -1.30. The van der Waals surface area contributed by atoms with Gasteiger partial charge < -0.3 is 10.4 Å². The van der Waals surface area contributed by atoms with Gasteiger partial charge in [0.05, 0.1) is 12.1 Å². The Labute approximate surface area is 134 Å². The van der Waals surface area contributed by atoms with E-state index in [4.69, 9.17) is 5.11 Å². The fourth-order valence-electron chi connectivity index (χ4n) is 1.88. The van der Waals surface area contributed by atoms with Crippen molar-refractivity contribution in [2.24, 2.45) is 4.99 Å². The zero-order valence-electron chi connectivity index (χ0n) is 12.8. The minimum atomic E-state index is -0.985. The van der Waals surface area contributed by atoms with E-state index in [-0.39, 0.29) is 18.7 Å². The molecule has 118 valence electrons. The SMILES string of the molecule is Cc1ccc(C=Nc2ccc(NC(=O)CCC(=O)O)cc2)cc1.